The molecule has 0 unspecified atom stereocenters. The Hall–Kier alpha value is -1.21. The molecule has 0 saturated carbocycles. The summed E-state index contributed by atoms with van der Waals surface area (Å²) in [4.78, 5) is 1.44. The average Bonchev–Trinajstić information content (AvgIpc) is 2.36. The highest BCUT2D eigenvalue weighted by Crippen LogP contribution is 2.23. The van der Waals surface area contributed by atoms with Crippen molar-refractivity contribution in [2.24, 2.45) is 5.73 Å². The molecule has 2 nitrogen and oxygen atoms in total. The van der Waals surface area contributed by atoms with E-state index in [-0.39, 0.29) is 6.54 Å². The standard InChI is InChI=1S/C11H13F5N2/c1-18(4-2-3-17)5-6-7(12)9(14)11(16)10(15)8(6)13/h2-5,17H2,1H3. The van der Waals surface area contributed by atoms with Crippen LogP contribution in [0, 0.1) is 29.1 Å². The first kappa shape index (κ1) is 14.8. The lowest BCUT2D eigenvalue weighted by Gasteiger charge is -2.17. The van der Waals surface area contributed by atoms with Crippen LogP contribution < -0.4 is 5.73 Å². The van der Waals surface area contributed by atoms with Crippen LogP contribution in [0.2, 0.25) is 0 Å². The van der Waals surface area contributed by atoms with E-state index in [0.29, 0.717) is 19.5 Å². The van der Waals surface area contributed by atoms with Gasteiger partial charge in [0.2, 0.25) is 5.82 Å². The number of rotatable bonds is 5. The lowest BCUT2D eigenvalue weighted by Crippen LogP contribution is -2.23. The van der Waals surface area contributed by atoms with Crippen molar-refractivity contribution < 1.29 is 22.0 Å². The highest BCUT2D eigenvalue weighted by atomic mass is 19.2. The Balaban J connectivity index is 3.02. The number of hydrogen-bond acceptors (Lipinski definition) is 2. The normalized spacial score (nSPS) is 11.3. The van der Waals surface area contributed by atoms with Crippen molar-refractivity contribution in [2.75, 3.05) is 20.1 Å². The maximum Gasteiger partial charge on any atom is 0.200 e. The van der Waals surface area contributed by atoms with Gasteiger partial charge in [-0.1, -0.05) is 0 Å². The first-order valence-corrected chi connectivity index (χ1v) is 5.29. The second-order valence-electron chi connectivity index (χ2n) is 3.93. The van der Waals surface area contributed by atoms with Crippen molar-refractivity contribution in [3.63, 3.8) is 0 Å². The van der Waals surface area contributed by atoms with Gasteiger partial charge >= 0.3 is 0 Å². The van der Waals surface area contributed by atoms with Crippen molar-refractivity contribution in [1.82, 2.24) is 4.90 Å². The third-order valence-electron chi connectivity index (χ3n) is 2.47. The second kappa shape index (κ2) is 6.10. The zero-order chi connectivity index (χ0) is 13.9. The molecular formula is C11H13F5N2. The topological polar surface area (TPSA) is 29.3 Å². The van der Waals surface area contributed by atoms with Crippen LogP contribution in [0.4, 0.5) is 22.0 Å². The molecule has 0 aromatic heterocycles. The molecule has 0 aliphatic rings. The minimum absolute atomic E-state index is 0.369. The first-order chi connectivity index (χ1) is 8.40. The molecule has 1 rings (SSSR count). The van der Waals surface area contributed by atoms with E-state index in [9.17, 15) is 22.0 Å². The number of nitrogens with two attached hydrogens (primary N) is 1. The molecule has 18 heavy (non-hydrogen) atoms. The van der Waals surface area contributed by atoms with Crippen LogP contribution in [-0.4, -0.2) is 25.0 Å². The van der Waals surface area contributed by atoms with Crippen LogP contribution >= 0.6 is 0 Å². The van der Waals surface area contributed by atoms with Crippen LogP contribution in [0.5, 0.6) is 0 Å². The van der Waals surface area contributed by atoms with Gasteiger partial charge in [-0.2, -0.15) is 0 Å². The molecule has 0 aliphatic carbocycles. The Labute approximate surface area is 101 Å². The summed E-state index contributed by atoms with van der Waals surface area (Å²) in [6.45, 7) is 0.406. The molecule has 2 N–H and O–H groups in total. The lowest BCUT2D eigenvalue weighted by molar-refractivity contribution is 0.298. The SMILES string of the molecule is CN(CCCN)Cc1c(F)c(F)c(F)c(F)c1F. The Morgan fingerprint density at radius 2 is 1.33 bits per heavy atom. The second-order valence-corrected chi connectivity index (χ2v) is 3.93. The minimum Gasteiger partial charge on any atom is -0.330 e. The van der Waals surface area contributed by atoms with E-state index >= 15 is 0 Å². The van der Waals surface area contributed by atoms with Crippen molar-refractivity contribution in [3.8, 4) is 0 Å². The molecule has 0 spiro atoms. The molecular weight excluding hydrogens is 255 g/mol. The minimum atomic E-state index is -2.14. The van der Waals surface area contributed by atoms with Gasteiger partial charge in [-0.3, -0.25) is 0 Å². The molecule has 0 amide bonds. The number of hydrogen-bond donors (Lipinski definition) is 1. The summed E-state index contributed by atoms with van der Waals surface area (Å²) in [6, 6.07) is 0. The van der Waals surface area contributed by atoms with Crippen molar-refractivity contribution >= 4 is 0 Å². The summed E-state index contributed by atoms with van der Waals surface area (Å²) in [5.74, 6) is -9.55. The summed E-state index contributed by atoms with van der Waals surface area (Å²) in [6.07, 6.45) is 0.561. The smallest absolute Gasteiger partial charge is 0.200 e. The molecule has 7 heteroatoms. The molecule has 102 valence electrons. The molecule has 1 aromatic carbocycles. The van der Waals surface area contributed by atoms with Crippen LogP contribution in [0.3, 0.4) is 0 Å². The molecule has 0 saturated heterocycles. The van der Waals surface area contributed by atoms with Gasteiger partial charge in [-0.05, 0) is 26.6 Å². The van der Waals surface area contributed by atoms with Crippen molar-refractivity contribution in [2.45, 2.75) is 13.0 Å². The molecule has 0 bridgehead atoms. The van der Waals surface area contributed by atoms with Gasteiger partial charge in [0.25, 0.3) is 0 Å². The van der Waals surface area contributed by atoms with E-state index < -0.39 is 34.6 Å². The quantitative estimate of drug-likeness (QED) is 0.504. The highest BCUT2D eigenvalue weighted by Gasteiger charge is 2.25. The van der Waals surface area contributed by atoms with Crippen molar-refractivity contribution in [3.05, 3.63) is 34.6 Å². The summed E-state index contributed by atoms with van der Waals surface area (Å²) < 4.78 is 65.2. The van der Waals surface area contributed by atoms with Gasteiger partial charge in [0.1, 0.15) is 0 Å². The van der Waals surface area contributed by atoms with Gasteiger partial charge in [-0.15, -0.1) is 0 Å². The number of nitrogens with zero attached hydrogens (tertiary/aromatic N) is 1. The Kier molecular flexibility index (Phi) is 5.03. The highest BCUT2D eigenvalue weighted by molar-refractivity contribution is 5.23. The maximum absolute atomic E-state index is 13.3. The molecule has 0 radical (unpaired) electrons. The first-order valence-electron chi connectivity index (χ1n) is 5.29. The molecule has 0 heterocycles. The lowest BCUT2D eigenvalue weighted by atomic mass is 10.1. The van der Waals surface area contributed by atoms with E-state index in [1.165, 1.54) is 11.9 Å². The zero-order valence-corrected chi connectivity index (χ0v) is 9.74. The zero-order valence-electron chi connectivity index (χ0n) is 9.74. The summed E-state index contributed by atoms with van der Waals surface area (Å²) >= 11 is 0. The van der Waals surface area contributed by atoms with E-state index in [4.69, 9.17) is 5.73 Å². The molecule has 0 atom stereocenters. The summed E-state index contributed by atoms with van der Waals surface area (Å²) in [7, 11) is 1.51. The van der Waals surface area contributed by atoms with Crippen LogP contribution in [0.15, 0.2) is 0 Å². The number of halogens is 5. The van der Waals surface area contributed by atoms with Crippen LogP contribution in [0.1, 0.15) is 12.0 Å². The predicted molar refractivity (Wildman–Crippen MR) is 56.2 cm³/mol. The largest absolute Gasteiger partial charge is 0.330 e. The monoisotopic (exact) mass is 268 g/mol. The Bertz CT molecular complexity index is 407. The van der Waals surface area contributed by atoms with Gasteiger partial charge in [0.05, 0.1) is 0 Å². The summed E-state index contributed by atoms with van der Waals surface area (Å²) in [5, 5.41) is 0. The predicted octanol–water partition coefficient (Wildman–Crippen LogP) is 2.16. The van der Waals surface area contributed by atoms with E-state index in [0.717, 1.165) is 0 Å². The summed E-state index contributed by atoms with van der Waals surface area (Å²) in [5.41, 5.74) is 4.43. The molecule has 1 aromatic rings. The fourth-order valence-electron chi connectivity index (χ4n) is 1.50. The van der Waals surface area contributed by atoms with Crippen LogP contribution in [-0.2, 0) is 6.54 Å². The van der Waals surface area contributed by atoms with Crippen molar-refractivity contribution in [1.29, 1.82) is 0 Å². The van der Waals surface area contributed by atoms with E-state index in [1.807, 2.05) is 0 Å². The Morgan fingerprint density at radius 1 is 0.889 bits per heavy atom. The number of benzene rings is 1. The van der Waals surface area contributed by atoms with Gasteiger partial charge in [0.15, 0.2) is 23.3 Å². The third kappa shape index (κ3) is 2.97. The average molecular weight is 268 g/mol. The van der Waals surface area contributed by atoms with Gasteiger partial charge < -0.3 is 10.6 Å². The van der Waals surface area contributed by atoms with Gasteiger partial charge in [-0.25, -0.2) is 22.0 Å². The molecule has 0 aliphatic heterocycles. The van der Waals surface area contributed by atoms with Crippen LogP contribution in [0.25, 0.3) is 0 Å². The van der Waals surface area contributed by atoms with Gasteiger partial charge in [0, 0.05) is 12.1 Å². The van der Waals surface area contributed by atoms with E-state index in [1.54, 1.807) is 0 Å². The maximum atomic E-state index is 13.3. The van der Waals surface area contributed by atoms with E-state index in [2.05, 4.69) is 0 Å². The third-order valence-corrected chi connectivity index (χ3v) is 2.47. The molecule has 0 fully saturated rings. The fraction of sp³-hybridized carbons (Fsp3) is 0.455. The Morgan fingerprint density at radius 3 is 1.78 bits per heavy atom. The fourth-order valence-corrected chi connectivity index (χ4v) is 1.50.